The molecule has 8 heteroatoms. The lowest BCUT2D eigenvalue weighted by atomic mass is 10.2. The van der Waals surface area contributed by atoms with E-state index in [1.54, 1.807) is 30.3 Å². The number of rotatable bonds is 4. The van der Waals surface area contributed by atoms with Gasteiger partial charge < -0.3 is 20.1 Å². The third kappa shape index (κ3) is 3.56. The van der Waals surface area contributed by atoms with E-state index in [9.17, 15) is 9.59 Å². The Balaban J connectivity index is 1.52. The summed E-state index contributed by atoms with van der Waals surface area (Å²) in [6.07, 6.45) is 0. The number of ether oxygens (including phenoxy) is 2. The number of carbonyl (C=O) groups excluding carboxylic acids is 2. The number of carbonyl (C=O) groups is 2. The van der Waals surface area contributed by atoms with Crippen LogP contribution < -0.4 is 20.1 Å². The third-order valence-corrected chi connectivity index (χ3v) is 4.99. The lowest BCUT2D eigenvalue weighted by molar-refractivity contribution is -0.118. The van der Waals surface area contributed by atoms with Gasteiger partial charge in [0.25, 0.3) is 5.91 Å². The van der Waals surface area contributed by atoms with Crippen molar-refractivity contribution in [1.29, 1.82) is 0 Å². The average Bonchev–Trinajstić information content (AvgIpc) is 3.26. The molecule has 0 saturated heterocycles. The van der Waals surface area contributed by atoms with Gasteiger partial charge in [0.2, 0.25) is 12.7 Å². The molecule has 0 atom stereocenters. The Labute approximate surface area is 159 Å². The Morgan fingerprint density at radius 3 is 2.70 bits per heavy atom. The van der Waals surface area contributed by atoms with Crippen molar-refractivity contribution in [2.45, 2.75) is 13.8 Å². The third-order valence-electron chi connectivity index (χ3n) is 4.03. The van der Waals surface area contributed by atoms with Gasteiger partial charge in [0.1, 0.15) is 0 Å². The maximum Gasteiger partial charge on any atom is 0.255 e. The van der Waals surface area contributed by atoms with E-state index in [4.69, 9.17) is 9.47 Å². The molecule has 0 aliphatic carbocycles. The molecule has 2 amide bonds. The van der Waals surface area contributed by atoms with Crippen LogP contribution >= 0.6 is 11.3 Å². The van der Waals surface area contributed by atoms with Gasteiger partial charge in [-0.2, -0.15) is 0 Å². The van der Waals surface area contributed by atoms with E-state index in [0.717, 1.165) is 4.70 Å². The summed E-state index contributed by atoms with van der Waals surface area (Å²) in [6.45, 7) is 3.81. The van der Waals surface area contributed by atoms with E-state index >= 15 is 0 Å². The molecule has 27 heavy (non-hydrogen) atoms. The molecule has 1 aromatic heterocycles. The molecule has 138 valence electrons. The number of benzene rings is 2. The molecule has 0 fully saturated rings. The van der Waals surface area contributed by atoms with E-state index in [2.05, 4.69) is 15.6 Å². The van der Waals surface area contributed by atoms with Crippen molar-refractivity contribution in [2.75, 3.05) is 17.4 Å². The Hall–Kier alpha value is -3.13. The van der Waals surface area contributed by atoms with E-state index < -0.39 is 0 Å². The van der Waals surface area contributed by atoms with Crippen LogP contribution in [0.2, 0.25) is 0 Å². The highest BCUT2D eigenvalue weighted by molar-refractivity contribution is 7.22. The van der Waals surface area contributed by atoms with Gasteiger partial charge in [0.15, 0.2) is 16.6 Å². The van der Waals surface area contributed by atoms with Gasteiger partial charge in [0, 0.05) is 17.2 Å². The van der Waals surface area contributed by atoms with Crippen LogP contribution in [0, 0.1) is 5.92 Å². The Kier molecular flexibility index (Phi) is 4.41. The molecule has 2 heterocycles. The summed E-state index contributed by atoms with van der Waals surface area (Å²) in [4.78, 5) is 28.7. The van der Waals surface area contributed by atoms with E-state index in [0.29, 0.717) is 33.4 Å². The summed E-state index contributed by atoms with van der Waals surface area (Å²) >= 11 is 1.39. The van der Waals surface area contributed by atoms with Crippen LogP contribution in [-0.2, 0) is 4.79 Å². The smallest absolute Gasteiger partial charge is 0.255 e. The van der Waals surface area contributed by atoms with Gasteiger partial charge >= 0.3 is 0 Å². The van der Waals surface area contributed by atoms with Crippen molar-refractivity contribution in [3.63, 3.8) is 0 Å². The van der Waals surface area contributed by atoms with Crippen LogP contribution in [0.25, 0.3) is 10.2 Å². The molecular formula is C19H17N3O4S. The second kappa shape index (κ2) is 6.88. The molecule has 0 spiro atoms. The van der Waals surface area contributed by atoms with Crippen molar-refractivity contribution >= 4 is 44.2 Å². The Morgan fingerprint density at radius 1 is 1.07 bits per heavy atom. The molecule has 2 N–H and O–H groups in total. The second-order valence-corrected chi connectivity index (χ2v) is 7.40. The molecule has 0 unspecified atom stereocenters. The van der Waals surface area contributed by atoms with Crippen molar-refractivity contribution < 1.29 is 19.1 Å². The maximum absolute atomic E-state index is 12.5. The fourth-order valence-corrected chi connectivity index (χ4v) is 3.40. The predicted molar refractivity (Wildman–Crippen MR) is 104 cm³/mol. The van der Waals surface area contributed by atoms with E-state index in [1.165, 1.54) is 11.3 Å². The molecular weight excluding hydrogens is 366 g/mol. The molecule has 1 aliphatic heterocycles. The zero-order chi connectivity index (χ0) is 19.0. The van der Waals surface area contributed by atoms with Crippen LogP contribution in [0.4, 0.5) is 10.8 Å². The maximum atomic E-state index is 12.5. The normalized spacial score (nSPS) is 12.4. The first-order valence-corrected chi connectivity index (χ1v) is 9.24. The van der Waals surface area contributed by atoms with E-state index in [-0.39, 0.29) is 24.5 Å². The predicted octanol–water partition coefficient (Wildman–Crippen LogP) is 3.87. The number of hydrogen-bond acceptors (Lipinski definition) is 6. The van der Waals surface area contributed by atoms with Gasteiger partial charge in [-0.3, -0.25) is 9.59 Å². The van der Waals surface area contributed by atoms with Crippen LogP contribution in [0.1, 0.15) is 24.2 Å². The van der Waals surface area contributed by atoms with Crippen LogP contribution in [0.3, 0.4) is 0 Å². The van der Waals surface area contributed by atoms with Crippen LogP contribution in [-0.4, -0.2) is 23.6 Å². The van der Waals surface area contributed by atoms with Gasteiger partial charge in [0.05, 0.1) is 10.2 Å². The largest absolute Gasteiger partial charge is 0.454 e. The van der Waals surface area contributed by atoms with Crippen molar-refractivity contribution in [1.82, 2.24) is 4.98 Å². The number of anilines is 2. The summed E-state index contributed by atoms with van der Waals surface area (Å²) < 4.78 is 11.5. The number of fused-ring (bicyclic) bond motifs is 2. The number of amides is 2. The topological polar surface area (TPSA) is 89.6 Å². The first-order valence-electron chi connectivity index (χ1n) is 8.42. The standard InChI is InChI=1S/C19H17N3O4S/c1-10(2)17(23)22-19-21-13-8-12(4-6-16(13)27-19)20-18(24)11-3-5-14-15(7-11)26-9-25-14/h3-8,10H,9H2,1-2H3,(H,20,24)(H,21,22,23). The number of nitrogens with one attached hydrogen (secondary N) is 2. The molecule has 1 aliphatic rings. The summed E-state index contributed by atoms with van der Waals surface area (Å²) in [7, 11) is 0. The zero-order valence-electron chi connectivity index (χ0n) is 14.7. The zero-order valence-corrected chi connectivity index (χ0v) is 15.6. The highest BCUT2D eigenvalue weighted by atomic mass is 32.1. The minimum atomic E-state index is -0.254. The summed E-state index contributed by atoms with van der Waals surface area (Å²) in [5.74, 6) is 0.740. The summed E-state index contributed by atoms with van der Waals surface area (Å²) in [6, 6.07) is 10.5. The summed E-state index contributed by atoms with van der Waals surface area (Å²) in [5.41, 5.74) is 1.81. The number of thiazole rings is 1. The molecule has 7 nitrogen and oxygen atoms in total. The first-order chi connectivity index (χ1) is 13.0. The van der Waals surface area contributed by atoms with Crippen molar-refractivity contribution in [2.24, 2.45) is 5.92 Å². The van der Waals surface area contributed by atoms with Gasteiger partial charge in [-0.05, 0) is 36.4 Å². The second-order valence-electron chi connectivity index (χ2n) is 6.37. The van der Waals surface area contributed by atoms with Crippen LogP contribution in [0.15, 0.2) is 36.4 Å². The fourth-order valence-electron chi connectivity index (χ4n) is 2.55. The van der Waals surface area contributed by atoms with Crippen molar-refractivity contribution in [3.05, 3.63) is 42.0 Å². The summed E-state index contributed by atoms with van der Waals surface area (Å²) in [5, 5.41) is 6.19. The SMILES string of the molecule is CC(C)C(=O)Nc1nc2cc(NC(=O)c3ccc4c(c3)OCO4)ccc2s1. The average molecular weight is 383 g/mol. The number of nitrogens with zero attached hydrogens (tertiary/aromatic N) is 1. The Morgan fingerprint density at radius 2 is 1.89 bits per heavy atom. The lowest BCUT2D eigenvalue weighted by Crippen LogP contribution is -2.17. The number of hydrogen-bond donors (Lipinski definition) is 2. The van der Waals surface area contributed by atoms with E-state index in [1.807, 2.05) is 19.9 Å². The fraction of sp³-hybridized carbons (Fsp3) is 0.211. The minimum Gasteiger partial charge on any atom is -0.454 e. The number of aromatic nitrogens is 1. The first kappa shape index (κ1) is 17.3. The molecule has 2 aromatic carbocycles. The lowest BCUT2D eigenvalue weighted by Gasteiger charge is -2.06. The highest BCUT2D eigenvalue weighted by Crippen LogP contribution is 2.33. The quantitative estimate of drug-likeness (QED) is 0.714. The Bertz CT molecular complexity index is 1040. The van der Waals surface area contributed by atoms with Gasteiger partial charge in [-0.15, -0.1) is 0 Å². The molecule has 0 bridgehead atoms. The van der Waals surface area contributed by atoms with Crippen LogP contribution in [0.5, 0.6) is 11.5 Å². The highest BCUT2D eigenvalue weighted by Gasteiger charge is 2.17. The van der Waals surface area contributed by atoms with Crippen molar-refractivity contribution in [3.8, 4) is 11.5 Å². The molecule has 0 saturated carbocycles. The van der Waals surface area contributed by atoms with Gasteiger partial charge in [-0.25, -0.2) is 4.98 Å². The molecule has 0 radical (unpaired) electrons. The molecule has 4 rings (SSSR count). The minimum absolute atomic E-state index is 0.0783. The monoisotopic (exact) mass is 383 g/mol. The van der Waals surface area contributed by atoms with Gasteiger partial charge in [-0.1, -0.05) is 25.2 Å². The molecule has 3 aromatic rings.